The summed E-state index contributed by atoms with van der Waals surface area (Å²) >= 11 is 0. The molecule has 0 saturated carbocycles. The van der Waals surface area contributed by atoms with Crippen LogP contribution in [0.3, 0.4) is 0 Å². The summed E-state index contributed by atoms with van der Waals surface area (Å²) in [6.45, 7) is 0. The summed E-state index contributed by atoms with van der Waals surface area (Å²) in [7, 11) is -3.14. The average molecular weight is 811 g/mol. The van der Waals surface area contributed by atoms with Crippen LogP contribution in [0.5, 0.6) is 0 Å². The fourth-order valence-corrected chi connectivity index (χ4v) is 4.97. The quantitative estimate of drug-likeness (QED) is 0.129. The van der Waals surface area contributed by atoms with Gasteiger partial charge in [0.15, 0.2) is 11.4 Å². The maximum atomic E-state index is 13.5. The SMILES string of the molecule is COC(=O)c1cc(-n2cnc(C(F)(F)F)c2)c(C(F)(F)F)cc1N.CS(=O)(=O)Nn1c(=O)[nH]c2cc(C(F)(F)F)c(-n3cnc(C(F)(F)F)c3)cc2c1=O. The second-order valence-corrected chi connectivity index (χ2v) is 12.3. The van der Waals surface area contributed by atoms with Crippen LogP contribution in [0, 0.1) is 0 Å². The largest absolute Gasteiger partial charge is 0.465 e. The zero-order chi connectivity index (χ0) is 40.9. The van der Waals surface area contributed by atoms with Gasteiger partial charge in [-0.3, -0.25) is 4.79 Å². The van der Waals surface area contributed by atoms with E-state index in [2.05, 4.69) is 14.7 Å². The minimum atomic E-state index is -5.08. The van der Waals surface area contributed by atoms with Crippen LogP contribution >= 0.6 is 0 Å². The normalized spacial score (nSPS) is 12.7. The Morgan fingerprint density at radius 1 is 0.778 bits per heavy atom. The van der Waals surface area contributed by atoms with Gasteiger partial charge in [0.05, 0.1) is 65.0 Å². The van der Waals surface area contributed by atoms with Gasteiger partial charge >= 0.3 is 36.4 Å². The maximum absolute atomic E-state index is 13.5. The minimum Gasteiger partial charge on any atom is -0.465 e. The number of imidazole rings is 2. The number of rotatable bonds is 5. The third-order valence-electron chi connectivity index (χ3n) is 6.76. The number of ether oxygens (including phenoxy) is 1. The molecule has 0 aliphatic carbocycles. The van der Waals surface area contributed by atoms with Gasteiger partial charge in [-0.05, 0) is 24.3 Å². The number of fused-ring (bicyclic) bond motifs is 1. The number of methoxy groups -OCH3 is 1. The highest BCUT2D eigenvalue weighted by Crippen LogP contribution is 2.39. The number of halogens is 12. The molecule has 54 heavy (non-hydrogen) atoms. The first-order valence-electron chi connectivity index (χ1n) is 13.7. The lowest BCUT2D eigenvalue weighted by Gasteiger charge is -2.16. The number of benzene rings is 2. The van der Waals surface area contributed by atoms with E-state index in [9.17, 15) is 75.5 Å². The molecule has 5 rings (SSSR count). The first-order valence-corrected chi connectivity index (χ1v) is 15.6. The topological polar surface area (TPSA) is 189 Å². The lowest BCUT2D eigenvalue weighted by Crippen LogP contribution is -2.43. The standard InChI is InChI=1S/C14H9F6N5O4S.C13H9F6N3O2/c1-30(28,29)23-25-11(26)6-2-9(24-4-10(21-5-24)14(18,19)20)7(13(15,16)17)3-8(6)22-12(25)27;1-24-11(23)6-2-9(7(3-8(6)20)12(14,15)16)22-4-10(21-5-22)13(17,18)19/h2-5,23H,1H3,(H,22,27);2-5H,20H2,1H3. The molecule has 292 valence electrons. The molecule has 5 aromatic rings. The lowest BCUT2D eigenvalue weighted by atomic mass is 10.1. The summed E-state index contributed by atoms with van der Waals surface area (Å²) in [5, 5.41) is -0.601. The van der Waals surface area contributed by atoms with Crippen LogP contribution in [0.1, 0.15) is 32.9 Å². The van der Waals surface area contributed by atoms with Crippen molar-refractivity contribution < 1.29 is 70.6 Å². The van der Waals surface area contributed by atoms with Gasteiger partial charge in [0.1, 0.15) is 0 Å². The number of nitrogens with two attached hydrogens (primary N) is 1. The van der Waals surface area contributed by atoms with Crippen LogP contribution in [0.15, 0.2) is 58.9 Å². The number of nitrogens with zero attached hydrogens (tertiary/aromatic N) is 5. The fraction of sp³-hybridized carbons (Fsp3) is 0.222. The van der Waals surface area contributed by atoms with Gasteiger partial charge in [-0.25, -0.2) is 32.8 Å². The van der Waals surface area contributed by atoms with Crippen LogP contribution in [-0.4, -0.2) is 56.5 Å². The van der Waals surface area contributed by atoms with E-state index in [0.717, 1.165) is 7.11 Å². The second-order valence-electron chi connectivity index (χ2n) is 10.6. The molecule has 2 aromatic carbocycles. The Morgan fingerprint density at radius 3 is 1.65 bits per heavy atom. The highest BCUT2D eigenvalue weighted by atomic mass is 32.2. The molecule has 0 saturated heterocycles. The number of nitrogens with one attached hydrogen (secondary N) is 2. The third kappa shape index (κ3) is 8.77. The average Bonchev–Trinajstić information content (AvgIpc) is 3.72. The zero-order valence-electron chi connectivity index (χ0n) is 26.3. The number of nitrogen functional groups attached to an aromatic ring is 1. The molecule has 27 heteroatoms. The molecule has 0 unspecified atom stereocenters. The summed E-state index contributed by atoms with van der Waals surface area (Å²) in [4.78, 5) is 45.5. The van der Waals surface area contributed by atoms with Gasteiger partial charge in [-0.15, -0.1) is 0 Å². The predicted octanol–water partition coefficient (Wildman–Crippen LogP) is 4.69. The number of carbonyl (C=O) groups excluding carboxylic acids is 1. The second kappa shape index (κ2) is 13.8. The van der Waals surface area contributed by atoms with Crippen LogP contribution in [0.25, 0.3) is 22.3 Å². The number of hydrogen-bond acceptors (Lipinski definition) is 9. The smallest absolute Gasteiger partial charge is 0.434 e. The van der Waals surface area contributed by atoms with Crippen molar-refractivity contribution >= 4 is 32.6 Å². The van der Waals surface area contributed by atoms with Crippen molar-refractivity contribution in [3.8, 4) is 11.4 Å². The van der Waals surface area contributed by atoms with Crippen molar-refractivity contribution in [2.24, 2.45) is 0 Å². The van der Waals surface area contributed by atoms with E-state index in [1.165, 1.54) is 0 Å². The molecule has 3 heterocycles. The third-order valence-corrected chi connectivity index (χ3v) is 7.27. The highest BCUT2D eigenvalue weighted by Gasteiger charge is 2.39. The number of alkyl halides is 12. The number of anilines is 1. The lowest BCUT2D eigenvalue weighted by molar-refractivity contribution is -0.141. The predicted molar refractivity (Wildman–Crippen MR) is 159 cm³/mol. The fourth-order valence-electron chi connectivity index (χ4n) is 4.48. The molecule has 0 atom stereocenters. The van der Waals surface area contributed by atoms with E-state index in [4.69, 9.17) is 5.73 Å². The first kappa shape index (κ1) is 40.7. The maximum Gasteiger partial charge on any atom is 0.434 e. The van der Waals surface area contributed by atoms with Crippen molar-refractivity contribution in [2.75, 3.05) is 23.9 Å². The van der Waals surface area contributed by atoms with Crippen LogP contribution in [-0.2, 0) is 39.5 Å². The molecule has 0 spiro atoms. The Balaban J connectivity index is 0.000000247. The number of aromatic amines is 1. The molecule has 14 nitrogen and oxygen atoms in total. The van der Waals surface area contributed by atoms with Crippen molar-refractivity contribution in [3.05, 3.63) is 98.2 Å². The molecule has 3 aromatic heterocycles. The van der Waals surface area contributed by atoms with Crippen molar-refractivity contribution in [1.82, 2.24) is 28.8 Å². The van der Waals surface area contributed by atoms with Gasteiger partial charge in [-0.2, -0.15) is 57.4 Å². The Labute approximate surface area is 290 Å². The Bertz CT molecular complexity index is 2480. The summed E-state index contributed by atoms with van der Waals surface area (Å²) in [5.74, 6) is -1.03. The van der Waals surface area contributed by atoms with Crippen LogP contribution in [0.4, 0.5) is 58.4 Å². The molecule has 0 aliphatic rings. The van der Waals surface area contributed by atoms with Gasteiger partial charge in [0.25, 0.3) is 5.56 Å². The van der Waals surface area contributed by atoms with Gasteiger partial charge in [-0.1, -0.05) is 0 Å². The highest BCUT2D eigenvalue weighted by molar-refractivity contribution is 7.91. The van der Waals surface area contributed by atoms with E-state index in [1.807, 2.05) is 4.98 Å². The summed E-state index contributed by atoms with van der Waals surface area (Å²) < 4.78 is 184. The zero-order valence-corrected chi connectivity index (χ0v) is 27.1. The van der Waals surface area contributed by atoms with E-state index in [0.29, 0.717) is 58.5 Å². The molecule has 0 radical (unpaired) electrons. The molecular formula is C27H18F12N8O6S. The first-order chi connectivity index (χ1) is 24.5. The summed E-state index contributed by atoms with van der Waals surface area (Å²) in [6.07, 6.45) is -17.4. The Hall–Kier alpha value is -6.02. The van der Waals surface area contributed by atoms with Gasteiger partial charge < -0.3 is 24.6 Å². The van der Waals surface area contributed by atoms with E-state index in [-0.39, 0.29) is 10.9 Å². The van der Waals surface area contributed by atoms with E-state index >= 15 is 0 Å². The summed E-state index contributed by atoms with van der Waals surface area (Å²) in [6, 6.07) is 2.07. The number of aromatic nitrogens is 6. The summed E-state index contributed by atoms with van der Waals surface area (Å²) in [5.41, 5.74) is -6.13. The number of esters is 1. The molecule has 0 bridgehead atoms. The number of H-pyrrole nitrogens is 1. The van der Waals surface area contributed by atoms with Gasteiger partial charge in [0, 0.05) is 18.1 Å². The molecular weight excluding hydrogens is 792 g/mol. The molecule has 0 amide bonds. The molecule has 0 fully saturated rings. The van der Waals surface area contributed by atoms with E-state index < -0.39 is 108 Å². The van der Waals surface area contributed by atoms with Crippen molar-refractivity contribution in [3.63, 3.8) is 0 Å². The van der Waals surface area contributed by atoms with Crippen molar-refractivity contribution in [2.45, 2.75) is 24.7 Å². The van der Waals surface area contributed by atoms with Crippen LogP contribution < -0.4 is 21.8 Å². The van der Waals surface area contributed by atoms with E-state index in [1.54, 1.807) is 4.83 Å². The number of sulfonamides is 1. The van der Waals surface area contributed by atoms with Gasteiger partial charge in [0.2, 0.25) is 10.0 Å². The monoisotopic (exact) mass is 810 g/mol. The number of carbonyl (C=O) groups is 1. The number of hydrogen-bond donors (Lipinski definition) is 3. The Kier molecular flexibility index (Phi) is 10.4. The Morgan fingerprint density at radius 2 is 1.24 bits per heavy atom. The van der Waals surface area contributed by atoms with Crippen LogP contribution in [0.2, 0.25) is 0 Å². The van der Waals surface area contributed by atoms with Crippen molar-refractivity contribution in [1.29, 1.82) is 0 Å². The molecule has 0 aliphatic heterocycles. The molecule has 4 N–H and O–H groups in total. The minimum absolute atomic E-state index is 0.00373.